The van der Waals surface area contributed by atoms with E-state index in [4.69, 9.17) is 0 Å². The van der Waals surface area contributed by atoms with E-state index in [9.17, 15) is 31.7 Å². The van der Waals surface area contributed by atoms with Gasteiger partial charge in [0.1, 0.15) is 0 Å². The molecule has 0 saturated heterocycles. The van der Waals surface area contributed by atoms with E-state index in [2.05, 4.69) is 5.14 Å². The Bertz CT molecular complexity index is 582. The van der Waals surface area contributed by atoms with Crippen molar-refractivity contribution in [3.05, 3.63) is 39.4 Å². The molecule has 100 valence electrons. The van der Waals surface area contributed by atoms with Crippen LogP contribution in [0.3, 0.4) is 0 Å². The molecule has 1 rings (SSSR count). The zero-order valence-electron chi connectivity index (χ0n) is 8.64. The van der Waals surface area contributed by atoms with Crippen LogP contribution in [0.1, 0.15) is 11.1 Å². The van der Waals surface area contributed by atoms with Crippen molar-refractivity contribution < 1.29 is 26.5 Å². The number of nitro groups is 1. The lowest BCUT2D eigenvalue weighted by molar-refractivity contribution is -0.385. The van der Waals surface area contributed by atoms with Crippen LogP contribution in [0.5, 0.6) is 0 Å². The van der Waals surface area contributed by atoms with Crippen LogP contribution in [0.2, 0.25) is 0 Å². The van der Waals surface area contributed by atoms with Crippen molar-refractivity contribution in [3.63, 3.8) is 0 Å². The smallest absolute Gasteiger partial charge is 0.258 e. The summed E-state index contributed by atoms with van der Waals surface area (Å²) >= 11 is 0. The van der Waals surface area contributed by atoms with Gasteiger partial charge in [-0.25, -0.2) is 13.6 Å². The van der Waals surface area contributed by atoms with E-state index in [1.807, 2.05) is 0 Å². The van der Waals surface area contributed by atoms with Crippen molar-refractivity contribution in [2.75, 3.05) is 0 Å². The fraction of sp³-hybridized carbons (Fsp3) is 0.250. The van der Waals surface area contributed by atoms with Gasteiger partial charge in [-0.1, -0.05) is 6.07 Å². The van der Waals surface area contributed by atoms with Gasteiger partial charge in [-0.2, -0.15) is 13.2 Å². The van der Waals surface area contributed by atoms with E-state index in [1.165, 1.54) is 0 Å². The number of hydrogen-bond donors (Lipinski definition) is 1. The topological polar surface area (TPSA) is 103 Å². The second-order valence-electron chi connectivity index (χ2n) is 3.37. The summed E-state index contributed by atoms with van der Waals surface area (Å²) in [7, 11) is -4.32. The van der Waals surface area contributed by atoms with Gasteiger partial charge < -0.3 is 0 Å². The largest absolute Gasteiger partial charge is 0.416 e. The first-order valence-electron chi connectivity index (χ1n) is 4.36. The number of sulfonamides is 1. The molecule has 10 heteroatoms. The van der Waals surface area contributed by atoms with Gasteiger partial charge in [0.05, 0.1) is 21.8 Å². The number of nitrogens with zero attached hydrogens (tertiary/aromatic N) is 1. The molecule has 0 aliphatic carbocycles. The lowest BCUT2D eigenvalue weighted by atomic mass is 10.1. The summed E-state index contributed by atoms with van der Waals surface area (Å²) in [5, 5.41) is 15.2. The van der Waals surface area contributed by atoms with E-state index in [-0.39, 0.29) is 0 Å². The molecule has 0 atom stereocenters. The third-order valence-corrected chi connectivity index (χ3v) is 2.69. The van der Waals surface area contributed by atoms with Crippen LogP contribution < -0.4 is 5.14 Å². The Morgan fingerprint density at radius 2 is 1.89 bits per heavy atom. The summed E-state index contributed by atoms with van der Waals surface area (Å²) < 4.78 is 59.5. The molecule has 0 spiro atoms. The standard InChI is InChI=1S/C8H7F3N2O4S/c9-8(10,11)6-2-1-3-7(13(14)15)5(6)4-18(12,16)17/h1-3H,4H2,(H2,12,16,17). The molecule has 0 aromatic heterocycles. The Morgan fingerprint density at radius 3 is 2.28 bits per heavy atom. The third kappa shape index (κ3) is 3.40. The number of hydrogen-bond acceptors (Lipinski definition) is 4. The summed E-state index contributed by atoms with van der Waals surface area (Å²) in [6.07, 6.45) is -4.90. The van der Waals surface area contributed by atoms with Gasteiger partial charge in [0.15, 0.2) is 0 Å². The van der Waals surface area contributed by atoms with Crippen LogP contribution in [-0.2, 0) is 22.0 Å². The average molecular weight is 284 g/mol. The van der Waals surface area contributed by atoms with Crippen molar-refractivity contribution in [1.82, 2.24) is 0 Å². The maximum absolute atomic E-state index is 12.6. The Labute approximate surface area is 99.4 Å². The molecule has 0 amide bonds. The highest BCUT2D eigenvalue weighted by Gasteiger charge is 2.37. The molecule has 6 nitrogen and oxygen atoms in total. The molecular formula is C8H7F3N2O4S. The Morgan fingerprint density at radius 1 is 1.33 bits per heavy atom. The van der Waals surface area contributed by atoms with Crippen LogP contribution in [-0.4, -0.2) is 13.3 Å². The van der Waals surface area contributed by atoms with Crippen molar-refractivity contribution in [2.45, 2.75) is 11.9 Å². The van der Waals surface area contributed by atoms with Crippen molar-refractivity contribution in [2.24, 2.45) is 5.14 Å². The molecule has 0 fully saturated rings. The van der Waals surface area contributed by atoms with Crippen LogP contribution in [0.4, 0.5) is 18.9 Å². The molecule has 1 aromatic carbocycles. The molecule has 1 aromatic rings. The Balaban J connectivity index is 3.54. The average Bonchev–Trinajstić information content (AvgIpc) is 2.13. The number of halogens is 3. The van der Waals surface area contributed by atoms with Crippen molar-refractivity contribution >= 4 is 15.7 Å². The summed E-state index contributed by atoms with van der Waals surface area (Å²) in [6.45, 7) is 0. The first-order chi connectivity index (χ1) is 8.02. The lowest BCUT2D eigenvalue weighted by Crippen LogP contribution is -2.19. The van der Waals surface area contributed by atoms with E-state index in [0.29, 0.717) is 6.07 Å². The summed E-state index contributed by atoms with van der Waals surface area (Å²) in [5.41, 5.74) is -3.28. The van der Waals surface area contributed by atoms with Crippen LogP contribution in [0.15, 0.2) is 18.2 Å². The molecule has 18 heavy (non-hydrogen) atoms. The highest BCUT2D eigenvalue weighted by atomic mass is 32.2. The Kier molecular flexibility index (Phi) is 3.62. The normalized spacial score (nSPS) is 12.4. The van der Waals surface area contributed by atoms with Gasteiger partial charge in [0, 0.05) is 6.07 Å². The quantitative estimate of drug-likeness (QED) is 0.669. The molecule has 0 bridgehead atoms. The Hall–Kier alpha value is -1.68. The van der Waals surface area contributed by atoms with Crippen molar-refractivity contribution in [3.8, 4) is 0 Å². The number of nitrogens with two attached hydrogens (primary N) is 1. The van der Waals surface area contributed by atoms with Gasteiger partial charge in [0.2, 0.25) is 10.0 Å². The van der Waals surface area contributed by atoms with Crippen LogP contribution >= 0.6 is 0 Å². The number of benzene rings is 1. The van der Waals surface area contributed by atoms with E-state index in [1.54, 1.807) is 0 Å². The van der Waals surface area contributed by atoms with Gasteiger partial charge in [-0.3, -0.25) is 10.1 Å². The highest BCUT2D eigenvalue weighted by molar-refractivity contribution is 7.88. The SMILES string of the molecule is NS(=O)(=O)Cc1c([N+](=O)[O-])cccc1C(F)(F)F. The first-order valence-corrected chi connectivity index (χ1v) is 6.08. The zero-order chi connectivity index (χ0) is 14.1. The first kappa shape index (κ1) is 14.4. The van der Waals surface area contributed by atoms with Gasteiger partial charge >= 0.3 is 6.18 Å². The fourth-order valence-corrected chi connectivity index (χ4v) is 2.07. The van der Waals surface area contributed by atoms with Crippen LogP contribution in [0.25, 0.3) is 0 Å². The second kappa shape index (κ2) is 4.53. The maximum Gasteiger partial charge on any atom is 0.416 e. The molecule has 0 radical (unpaired) electrons. The predicted octanol–water partition coefficient (Wildman–Crippen LogP) is 1.40. The summed E-state index contributed by atoms with van der Waals surface area (Å²) in [6, 6.07) is 2.18. The summed E-state index contributed by atoms with van der Waals surface area (Å²) in [5.74, 6) is -1.25. The minimum Gasteiger partial charge on any atom is -0.258 e. The molecule has 2 N–H and O–H groups in total. The molecule has 0 unspecified atom stereocenters. The number of rotatable bonds is 3. The molecule has 0 heterocycles. The minimum absolute atomic E-state index is 0.563. The molecular weight excluding hydrogens is 277 g/mol. The maximum atomic E-state index is 12.6. The number of nitro benzene ring substituents is 1. The number of primary sulfonamides is 1. The predicted molar refractivity (Wildman–Crippen MR) is 54.9 cm³/mol. The van der Waals surface area contributed by atoms with E-state index in [0.717, 1.165) is 12.1 Å². The minimum atomic E-state index is -4.90. The second-order valence-corrected chi connectivity index (χ2v) is 4.98. The number of alkyl halides is 3. The molecule has 0 saturated carbocycles. The lowest BCUT2D eigenvalue weighted by Gasteiger charge is -2.11. The summed E-state index contributed by atoms with van der Waals surface area (Å²) in [4.78, 5) is 9.50. The molecule has 0 aliphatic rings. The van der Waals surface area contributed by atoms with Gasteiger partial charge in [0.25, 0.3) is 5.69 Å². The van der Waals surface area contributed by atoms with E-state index >= 15 is 0 Å². The van der Waals surface area contributed by atoms with Gasteiger partial charge in [-0.15, -0.1) is 0 Å². The van der Waals surface area contributed by atoms with E-state index < -0.39 is 43.7 Å². The fourth-order valence-electron chi connectivity index (χ4n) is 1.36. The van der Waals surface area contributed by atoms with Gasteiger partial charge in [-0.05, 0) is 6.07 Å². The van der Waals surface area contributed by atoms with Crippen LogP contribution in [0, 0.1) is 10.1 Å². The molecule has 0 aliphatic heterocycles. The third-order valence-electron chi connectivity index (χ3n) is 2.00. The monoisotopic (exact) mass is 284 g/mol. The zero-order valence-corrected chi connectivity index (χ0v) is 9.46. The highest BCUT2D eigenvalue weighted by Crippen LogP contribution is 2.36. The van der Waals surface area contributed by atoms with Crippen molar-refractivity contribution in [1.29, 1.82) is 0 Å².